The molecular formula is C17H29NO. The third kappa shape index (κ3) is 2.15. The molecule has 0 aromatic heterocycles. The molecular weight excluding hydrogens is 234 g/mol. The lowest BCUT2D eigenvalue weighted by molar-refractivity contribution is -0.127. The Morgan fingerprint density at radius 3 is 2.00 bits per heavy atom. The van der Waals surface area contributed by atoms with Crippen molar-refractivity contribution in [3.8, 4) is 0 Å². The molecule has 0 heterocycles. The van der Waals surface area contributed by atoms with E-state index < -0.39 is 0 Å². The van der Waals surface area contributed by atoms with E-state index in [0.717, 1.165) is 36.9 Å². The molecule has 1 N–H and O–H groups in total. The van der Waals surface area contributed by atoms with Crippen LogP contribution in [0.5, 0.6) is 0 Å². The van der Waals surface area contributed by atoms with E-state index in [1.165, 1.54) is 51.4 Å². The molecule has 0 aromatic rings. The molecule has 5 fully saturated rings. The second-order valence-corrected chi connectivity index (χ2v) is 8.11. The lowest BCUT2D eigenvalue weighted by Gasteiger charge is -2.58. The Labute approximate surface area is 117 Å². The van der Waals surface area contributed by atoms with Gasteiger partial charge in [0, 0.05) is 12.6 Å². The summed E-state index contributed by atoms with van der Waals surface area (Å²) in [5.41, 5.74) is 0.317. The van der Waals surface area contributed by atoms with Crippen molar-refractivity contribution >= 4 is 0 Å². The van der Waals surface area contributed by atoms with Crippen LogP contribution in [0.3, 0.4) is 0 Å². The van der Waals surface area contributed by atoms with Crippen LogP contribution in [0.4, 0.5) is 0 Å². The Bertz CT molecular complexity index is 314. The molecule has 0 radical (unpaired) electrons. The van der Waals surface area contributed by atoms with Crippen molar-refractivity contribution < 1.29 is 5.11 Å². The molecule has 5 aliphatic rings. The molecule has 0 amide bonds. The Morgan fingerprint density at radius 2 is 1.58 bits per heavy atom. The van der Waals surface area contributed by atoms with Crippen LogP contribution in [0.2, 0.25) is 0 Å². The first-order valence-electron chi connectivity index (χ1n) is 8.60. The number of hydrogen-bond acceptors (Lipinski definition) is 2. The van der Waals surface area contributed by atoms with Crippen molar-refractivity contribution in [2.75, 3.05) is 13.1 Å². The van der Waals surface area contributed by atoms with Crippen molar-refractivity contribution in [3.05, 3.63) is 0 Å². The number of likely N-dealkylation sites (N-methyl/N-ethyl adjacent to an activating group) is 1. The van der Waals surface area contributed by atoms with Gasteiger partial charge in [-0.15, -0.1) is 0 Å². The van der Waals surface area contributed by atoms with Gasteiger partial charge in [0.25, 0.3) is 0 Å². The molecule has 108 valence electrons. The second kappa shape index (κ2) is 4.46. The van der Waals surface area contributed by atoms with E-state index in [4.69, 9.17) is 0 Å². The summed E-state index contributed by atoms with van der Waals surface area (Å²) in [4.78, 5) is 2.54. The largest absolute Gasteiger partial charge is 0.391 e. The second-order valence-electron chi connectivity index (χ2n) is 8.11. The maximum atomic E-state index is 11.0. The minimum atomic E-state index is -0.0542. The third-order valence-electron chi connectivity index (χ3n) is 6.67. The monoisotopic (exact) mass is 263 g/mol. The molecule has 0 aliphatic heterocycles. The van der Waals surface area contributed by atoms with Gasteiger partial charge in [-0.25, -0.2) is 0 Å². The van der Waals surface area contributed by atoms with Crippen molar-refractivity contribution in [1.82, 2.24) is 4.90 Å². The summed E-state index contributed by atoms with van der Waals surface area (Å²) in [5.74, 6) is 2.87. The van der Waals surface area contributed by atoms with Crippen LogP contribution in [0, 0.1) is 23.2 Å². The quantitative estimate of drug-likeness (QED) is 0.824. The lowest BCUT2D eigenvalue weighted by Crippen LogP contribution is -2.54. The van der Waals surface area contributed by atoms with Gasteiger partial charge in [-0.3, -0.25) is 4.90 Å². The van der Waals surface area contributed by atoms with E-state index in [0.29, 0.717) is 5.41 Å². The number of rotatable bonds is 5. The van der Waals surface area contributed by atoms with E-state index in [1.54, 1.807) is 0 Å². The molecule has 5 rings (SSSR count). The Morgan fingerprint density at radius 1 is 1.05 bits per heavy atom. The van der Waals surface area contributed by atoms with Gasteiger partial charge in [0.1, 0.15) is 0 Å². The number of nitrogens with zero attached hydrogens (tertiary/aromatic N) is 1. The van der Waals surface area contributed by atoms with E-state index in [9.17, 15) is 5.11 Å². The molecule has 0 spiro atoms. The zero-order valence-corrected chi connectivity index (χ0v) is 12.4. The fraction of sp³-hybridized carbons (Fsp3) is 1.00. The number of hydrogen-bond donors (Lipinski definition) is 1. The summed E-state index contributed by atoms with van der Waals surface area (Å²) >= 11 is 0. The predicted molar refractivity (Wildman–Crippen MR) is 76.9 cm³/mol. The van der Waals surface area contributed by atoms with Crippen LogP contribution in [0.1, 0.15) is 58.3 Å². The first kappa shape index (κ1) is 12.6. The van der Waals surface area contributed by atoms with Crippen LogP contribution >= 0.6 is 0 Å². The summed E-state index contributed by atoms with van der Waals surface area (Å²) in [5, 5.41) is 11.0. The maximum Gasteiger partial charge on any atom is 0.0723 e. The zero-order valence-electron chi connectivity index (χ0n) is 12.4. The maximum absolute atomic E-state index is 11.0. The van der Waals surface area contributed by atoms with Gasteiger partial charge in [-0.1, -0.05) is 6.92 Å². The van der Waals surface area contributed by atoms with Crippen molar-refractivity contribution in [2.24, 2.45) is 23.2 Å². The van der Waals surface area contributed by atoms with Crippen LogP contribution in [0.15, 0.2) is 0 Å². The summed E-state index contributed by atoms with van der Waals surface area (Å²) in [6.45, 7) is 4.33. The predicted octanol–water partition coefficient (Wildman–Crippen LogP) is 3.05. The lowest BCUT2D eigenvalue weighted by atomic mass is 9.48. The molecule has 1 unspecified atom stereocenters. The van der Waals surface area contributed by atoms with Crippen LogP contribution in [-0.4, -0.2) is 35.2 Å². The van der Waals surface area contributed by atoms with E-state index in [1.807, 2.05) is 0 Å². The fourth-order valence-electron chi connectivity index (χ4n) is 5.98. The molecule has 5 aliphatic carbocycles. The standard InChI is InChI=1S/C17H29NO/c1-2-18(15-3-4-15)11-16(19)17-8-12-5-13(9-17)7-14(6-12)10-17/h12-16,19H,2-11H2,1H3. The number of aliphatic hydroxyl groups is 1. The average molecular weight is 263 g/mol. The number of aliphatic hydroxyl groups excluding tert-OH is 1. The summed E-state index contributed by atoms with van der Waals surface area (Å²) in [7, 11) is 0. The normalized spacial score (nSPS) is 45.9. The van der Waals surface area contributed by atoms with Crippen molar-refractivity contribution in [2.45, 2.75) is 70.4 Å². The molecule has 1 atom stereocenters. The van der Waals surface area contributed by atoms with Gasteiger partial charge in [0.15, 0.2) is 0 Å². The minimum absolute atomic E-state index is 0.0542. The summed E-state index contributed by atoms with van der Waals surface area (Å²) in [6.07, 6.45) is 11.1. The molecule has 0 saturated heterocycles. The SMILES string of the molecule is CCN(CC(O)C12CC3CC(CC(C3)C1)C2)C1CC1. The molecule has 4 bridgehead atoms. The highest BCUT2D eigenvalue weighted by atomic mass is 16.3. The Balaban J connectivity index is 1.48. The van der Waals surface area contributed by atoms with Crippen LogP contribution in [-0.2, 0) is 0 Å². The van der Waals surface area contributed by atoms with Crippen molar-refractivity contribution in [3.63, 3.8) is 0 Å². The van der Waals surface area contributed by atoms with Gasteiger partial charge >= 0.3 is 0 Å². The fourth-order valence-corrected chi connectivity index (χ4v) is 5.98. The van der Waals surface area contributed by atoms with Gasteiger partial charge in [0.05, 0.1) is 6.10 Å². The molecule has 2 nitrogen and oxygen atoms in total. The Hall–Kier alpha value is -0.0800. The Kier molecular flexibility index (Phi) is 2.97. The molecule has 5 saturated carbocycles. The summed E-state index contributed by atoms with van der Waals surface area (Å²) in [6, 6.07) is 0.800. The molecule has 2 heteroatoms. The van der Waals surface area contributed by atoms with Crippen molar-refractivity contribution in [1.29, 1.82) is 0 Å². The minimum Gasteiger partial charge on any atom is -0.391 e. The van der Waals surface area contributed by atoms with E-state index >= 15 is 0 Å². The van der Waals surface area contributed by atoms with Crippen LogP contribution < -0.4 is 0 Å². The van der Waals surface area contributed by atoms with E-state index in [2.05, 4.69) is 11.8 Å². The molecule has 0 aromatic carbocycles. The summed E-state index contributed by atoms with van der Waals surface area (Å²) < 4.78 is 0. The molecule has 19 heavy (non-hydrogen) atoms. The third-order valence-corrected chi connectivity index (χ3v) is 6.67. The average Bonchev–Trinajstić information content (AvgIpc) is 3.18. The van der Waals surface area contributed by atoms with Gasteiger partial charge < -0.3 is 5.11 Å². The van der Waals surface area contributed by atoms with Gasteiger partial charge in [0.2, 0.25) is 0 Å². The zero-order chi connectivity index (χ0) is 13.0. The van der Waals surface area contributed by atoms with E-state index in [-0.39, 0.29) is 6.10 Å². The van der Waals surface area contributed by atoms with Crippen LogP contribution in [0.25, 0.3) is 0 Å². The first-order chi connectivity index (χ1) is 9.18. The highest BCUT2D eigenvalue weighted by Crippen LogP contribution is 2.61. The topological polar surface area (TPSA) is 23.5 Å². The highest BCUT2D eigenvalue weighted by molar-refractivity contribution is 5.05. The van der Waals surface area contributed by atoms with Gasteiger partial charge in [-0.2, -0.15) is 0 Å². The van der Waals surface area contributed by atoms with Gasteiger partial charge in [-0.05, 0) is 81.1 Å². The first-order valence-corrected chi connectivity index (χ1v) is 8.60. The smallest absolute Gasteiger partial charge is 0.0723 e. The highest BCUT2D eigenvalue weighted by Gasteiger charge is 2.54.